The summed E-state index contributed by atoms with van der Waals surface area (Å²) in [5.74, 6) is 1.76. The van der Waals surface area contributed by atoms with E-state index < -0.39 is 0 Å². The van der Waals surface area contributed by atoms with Crippen molar-refractivity contribution in [1.29, 1.82) is 0 Å². The number of nitrogens with zero attached hydrogens (tertiary/aromatic N) is 1. The predicted octanol–water partition coefficient (Wildman–Crippen LogP) is 6.95. The van der Waals surface area contributed by atoms with Crippen LogP contribution in [-0.4, -0.2) is 24.2 Å². The Labute approximate surface area is 185 Å². The van der Waals surface area contributed by atoms with Crippen LogP contribution in [0.3, 0.4) is 0 Å². The van der Waals surface area contributed by atoms with Gasteiger partial charge < -0.3 is 9.47 Å². The van der Waals surface area contributed by atoms with Gasteiger partial charge in [0.2, 0.25) is 5.91 Å². The molecule has 164 valence electrons. The molecule has 0 amide bonds. The predicted molar refractivity (Wildman–Crippen MR) is 126 cm³/mol. The van der Waals surface area contributed by atoms with Crippen LogP contribution in [0.25, 0.3) is 22.2 Å². The number of methoxy groups -OCH3 is 1. The van der Waals surface area contributed by atoms with Crippen molar-refractivity contribution in [2.24, 2.45) is 0 Å². The van der Waals surface area contributed by atoms with Crippen molar-refractivity contribution < 1.29 is 14.3 Å². The molecule has 4 nitrogen and oxygen atoms in total. The Morgan fingerprint density at radius 3 is 2.32 bits per heavy atom. The molecule has 0 saturated carbocycles. The number of ether oxygens (including phenoxy) is 2. The number of carbonyl (C=O) groups excluding carboxylic acids is 1. The van der Waals surface area contributed by atoms with E-state index in [4.69, 9.17) is 9.47 Å². The molecule has 1 aromatic heterocycles. The van der Waals surface area contributed by atoms with Crippen LogP contribution in [0.5, 0.6) is 11.5 Å². The molecular formula is C27H33NO3. The van der Waals surface area contributed by atoms with Gasteiger partial charge in [-0.3, -0.25) is 9.36 Å². The number of carbonyl (C=O) groups is 1. The Balaban J connectivity index is 1.93. The fourth-order valence-corrected chi connectivity index (χ4v) is 4.83. The highest BCUT2D eigenvalue weighted by molar-refractivity contribution is 6.02. The van der Waals surface area contributed by atoms with Gasteiger partial charge in [-0.1, -0.05) is 32.1 Å². The van der Waals surface area contributed by atoms with Crippen LogP contribution < -0.4 is 9.47 Å². The normalized spacial score (nSPS) is 15.5. The van der Waals surface area contributed by atoms with Crippen LogP contribution in [0.15, 0.2) is 36.4 Å². The maximum Gasteiger partial charge on any atom is 0.228 e. The van der Waals surface area contributed by atoms with Crippen LogP contribution in [-0.2, 0) is 6.42 Å². The third-order valence-corrected chi connectivity index (χ3v) is 6.35. The number of fused-ring (bicyclic) bond motifs is 1. The summed E-state index contributed by atoms with van der Waals surface area (Å²) in [4.78, 5) is 12.9. The first-order valence-corrected chi connectivity index (χ1v) is 11.6. The average Bonchev–Trinajstić information content (AvgIpc) is 3.10. The lowest BCUT2D eigenvalue weighted by Crippen LogP contribution is -2.08. The second-order valence-corrected chi connectivity index (χ2v) is 8.62. The number of aromatic nitrogens is 1. The van der Waals surface area contributed by atoms with Crippen LogP contribution in [0.1, 0.15) is 67.8 Å². The number of rotatable bonds is 2. The van der Waals surface area contributed by atoms with Crippen molar-refractivity contribution in [3.8, 4) is 22.8 Å². The Kier molecular flexibility index (Phi) is 6.64. The fourth-order valence-electron chi connectivity index (χ4n) is 4.83. The number of hydrogen-bond donors (Lipinski definition) is 0. The molecular weight excluding hydrogens is 386 g/mol. The van der Waals surface area contributed by atoms with E-state index in [1.54, 1.807) is 14.0 Å². The smallest absolute Gasteiger partial charge is 0.228 e. The zero-order valence-electron chi connectivity index (χ0n) is 19.0. The van der Waals surface area contributed by atoms with Gasteiger partial charge >= 0.3 is 0 Å². The minimum atomic E-state index is 0.0387. The topological polar surface area (TPSA) is 40.5 Å². The molecule has 0 radical (unpaired) electrons. The Hall–Kier alpha value is -2.75. The molecule has 0 atom stereocenters. The maximum absolute atomic E-state index is 12.9. The highest BCUT2D eigenvalue weighted by atomic mass is 16.5. The molecule has 0 saturated heterocycles. The van der Waals surface area contributed by atoms with E-state index in [0.29, 0.717) is 0 Å². The van der Waals surface area contributed by atoms with Crippen LogP contribution in [0.2, 0.25) is 0 Å². The summed E-state index contributed by atoms with van der Waals surface area (Å²) >= 11 is 0. The lowest BCUT2D eigenvalue weighted by atomic mass is 9.98. The zero-order chi connectivity index (χ0) is 21.8. The van der Waals surface area contributed by atoms with Gasteiger partial charge in [-0.05, 0) is 79.3 Å². The van der Waals surface area contributed by atoms with Gasteiger partial charge in [0, 0.05) is 12.3 Å². The van der Waals surface area contributed by atoms with E-state index in [2.05, 4.69) is 31.2 Å². The summed E-state index contributed by atoms with van der Waals surface area (Å²) in [7, 11) is 1.67. The van der Waals surface area contributed by atoms with E-state index in [1.807, 2.05) is 16.7 Å². The molecule has 3 aromatic rings. The highest BCUT2D eigenvalue weighted by Gasteiger charge is 2.23. The van der Waals surface area contributed by atoms with Crippen molar-refractivity contribution >= 4 is 16.8 Å². The van der Waals surface area contributed by atoms with Crippen LogP contribution >= 0.6 is 0 Å². The highest BCUT2D eigenvalue weighted by Crippen LogP contribution is 2.39. The second-order valence-electron chi connectivity index (χ2n) is 8.62. The minimum Gasteiger partial charge on any atom is -0.497 e. The van der Waals surface area contributed by atoms with Gasteiger partial charge in [-0.25, -0.2) is 0 Å². The van der Waals surface area contributed by atoms with Gasteiger partial charge in [-0.15, -0.1) is 0 Å². The minimum absolute atomic E-state index is 0.0387. The number of hydrogen-bond acceptors (Lipinski definition) is 3. The summed E-state index contributed by atoms with van der Waals surface area (Å²) in [6.45, 7) is 4.49. The summed E-state index contributed by atoms with van der Waals surface area (Å²) in [6.07, 6.45) is 9.48. The van der Waals surface area contributed by atoms with E-state index >= 15 is 0 Å². The second kappa shape index (κ2) is 9.59. The Morgan fingerprint density at radius 2 is 1.65 bits per heavy atom. The van der Waals surface area contributed by atoms with Gasteiger partial charge in [-0.2, -0.15) is 0 Å². The van der Waals surface area contributed by atoms with E-state index in [9.17, 15) is 4.79 Å². The summed E-state index contributed by atoms with van der Waals surface area (Å²) in [5.41, 5.74) is 5.40. The maximum atomic E-state index is 12.9. The van der Waals surface area contributed by atoms with Gasteiger partial charge in [0.15, 0.2) is 0 Å². The standard InChI is InChI=1S/C27H33NO3/c1-19-17-23-18-25-24(11-9-7-5-4-6-8-10-16-31-23)27(28(20(2)29)26(19)25)21-12-14-22(30-3)15-13-21/h12-15,17-18H,4-11,16H2,1-3H3. The summed E-state index contributed by atoms with van der Waals surface area (Å²) in [5, 5.41) is 1.15. The fraction of sp³-hybridized carbons (Fsp3) is 0.444. The molecule has 0 N–H and O–H groups in total. The lowest BCUT2D eigenvalue weighted by molar-refractivity contribution is 0.0943. The SMILES string of the molecule is COc1ccc(-c2c3c4cc(cc(C)c4n2C(C)=O)OCCCCCCCCC3)cc1. The molecule has 1 aliphatic rings. The molecule has 0 aliphatic carbocycles. The molecule has 0 fully saturated rings. The van der Waals surface area contributed by atoms with E-state index in [0.717, 1.165) is 65.1 Å². The zero-order valence-corrected chi connectivity index (χ0v) is 19.0. The van der Waals surface area contributed by atoms with Crippen molar-refractivity contribution in [3.63, 3.8) is 0 Å². The molecule has 2 aromatic carbocycles. The molecule has 31 heavy (non-hydrogen) atoms. The molecule has 1 aliphatic heterocycles. The molecule has 0 unspecified atom stereocenters. The largest absolute Gasteiger partial charge is 0.497 e. The lowest BCUT2D eigenvalue weighted by Gasteiger charge is -2.11. The van der Waals surface area contributed by atoms with Crippen molar-refractivity contribution in [3.05, 3.63) is 47.5 Å². The van der Waals surface area contributed by atoms with E-state index in [-0.39, 0.29) is 5.91 Å². The van der Waals surface area contributed by atoms with Crippen molar-refractivity contribution in [2.45, 2.75) is 65.2 Å². The first-order chi connectivity index (χ1) is 15.1. The molecule has 0 spiro atoms. The molecule has 2 heterocycles. The molecule has 2 bridgehead atoms. The number of benzene rings is 2. The molecule has 4 heteroatoms. The summed E-state index contributed by atoms with van der Waals surface area (Å²) < 4.78 is 13.4. The van der Waals surface area contributed by atoms with Crippen molar-refractivity contribution in [2.75, 3.05) is 13.7 Å². The molecule has 4 rings (SSSR count). The van der Waals surface area contributed by atoms with Gasteiger partial charge in [0.25, 0.3) is 0 Å². The first-order valence-electron chi connectivity index (χ1n) is 11.6. The summed E-state index contributed by atoms with van der Waals surface area (Å²) in [6, 6.07) is 12.3. The van der Waals surface area contributed by atoms with Crippen LogP contribution in [0, 0.1) is 6.92 Å². The van der Waals surface area contributed by atoms with Gasteiger partial charge in [0.1, 0.15) is 11.5 Å². The van der Waals surface area contributed by atoms with Gasteiger partial charge in [0.05, 0.1) is 24.9 Å². The van der Waals surface area contributed by atoms with Crippen molar-refractivity contribution in [1.82, 2.24) is 4.57 Å². The Bertz CT molecular complexity index is 1060. The first kappa shape index (κ1) is 21.5. The van der Waals surface area contributed by atoms with Crippen LogP contribution in [0.4, 0.5) is 0 Å². The quantitative estimate of drug-likeness (QED) is 0.451. The monoisotopic (exact) mass is 419 g/mol. The third kappa shape index (κ3) is 4.48. The Morgan fingerprint density at radius 1 is 0.968 bits per heavy atom. The number of aryl methyl sites for hydroxylation is 2. The van der Waals surface area contributed by atoms with E-state index in [1.165, 1.54) is 37.7 Å². The average molecular weight is 420 g/mol. The third-order valence-electron chi connectivity index (χ3n) is 6.35.